The molecule has 0 aliphatic carbocycles. The quantitative estimate of drug-likeness (QED) is 0.385. The van der Waals surface area contributed by atoms with Gasteiger partial charge in [-0.25, -0.2) is 4.79 Å². The molecule has 1 heterocycles. The molecule has 0 radical (unpaired) electrons. The summed E-state index contributed by atoms with van der Waals surface area (Å²) in [7, 11) is 0. The molecule has 0 spiro atoms. The first-order valence-corrected chi connectivity index (χ1v) is 10.5. The lowest BCUT2D eigenvalue weighted by Gasteiger charge is -2.16. The van der Waals surface area contributed by atoms with Gasteiger partial charge in [-0.2, -0.15) is 13.2 Å². The number of rotatable bonds is 8. The Balaban J connectivity index is 1.81. The molecule has 0 unspecified atom stereocenters. The molecule has 0 saturated carbocycles. The summed E-state index contributed by atoms with van der Waals surface area (Å²) in [5.41, 5.74) is 3.73. The van der Waals surface area contributed by atoms with Crippen LogP contribution >= 0.6 is 0 Å². The van der Waals surface area contributed by atoms with Crippen LogP contribution in [0.3, 0.4) is 0 Å². The third kappa shape index (κ3) is 5.86. The average Bonchev–Trinajstić information content (AvgIpc) is 2.81. The predicted molar refractivity (Wildman–Crippen MR) is 121 cm³/mol. The van der Waals surface area contributed by atoms with Crippen molar-refractivity contribution in [2.75, 3.05) is 12.3 Å². The summed E-state index contributed by atoms with van der Waals surface area (Å²) >= 11 is 0. The number of aromatic nitrogens is 2. The first-order valence-electron chi connectivity index (χ1n) is 10.5. The molecular formula is C24H22F3N3O5. The molecule has 0 bridgehead atoms. The van der Waals surface area contributed by atoms with E-state index in [0.717, 1.165) is 27.3 Å². The van der Waals surface area contributed by atoms with Gasteiger partial charge in [0.25, 0.3) is 5.56 Å². The number of carbonyl (C=O) groups is 2. The van der Waals surface area contributed by atoms with E-state index in [1.54, 1.807) is 37.3 Å². The predicted octanol–water partition coefficient (Wildman–Crippen LogP) is 2.65. The first kappa shape index (κ1) is 25.5. The minimum Gasteiger partial charge on any atom is -0.457 e. The molecule has 0 saturated heterocycles. The normalized spacial score (nSPS) is 11.3. The number of Topliss-reactive ketones (excluding diaryl/α,β-unsaturated/α-hetero) is 1. The fourth-order valence-electron chi connectivity index (χ4n) is 3.47. The zero-order valence-electron chi connectivity index (χ0n) is 18.7. The van der Waals surface area contributed by atoms with E-state index < -0.39 is 53.3 Å². The van der Waals surface area contributed by atoms with Crippen molar-refractivity contribution in [1.29, 1.82) is 0 Å². The number of carbonyl (C=O) groups excluding carboxylic acids is 2. The number of halogens is 3. The molecule has 0 amide bonds. The van der Waals surface area contributed by atoms with E-state index in [9.17, 15) is 32.3 Å². The Labute approximate surface area is 197 Å². The van der Waals surface area contributed by atoms with Crippen LogP contribution in [0, 0.1) is 0 Å². The summed E-state index contributed by atoms with van der Waals surface area (Å²) in [6.45, 7) is 0.656. The number of alkyl halides is 3. The highest BCUT2D eigenvalue weighted by Gasteiger charge is 2.30. The van der Waals surface area contributed by atoms with Gasteiger partial charge in [-0.15, -0.1) is 0 Å². The third-order valence-electron chi connectivity index (χ3n) is 5.21. The second kappa shape index (κ2) is 10.4. The van der Waals surface area contributed by atoms with E-state index in [-0.39, 0.29) is 24.5 Å². The lowest BCUT2D eigenvalue weighted by atomic mass is 10.1. The highest BCUT2D eigenvalue weighted by Crippen LogP contribution is 2.29. The number of anilines is 1. The number of ether oxygens (including phenoxy) is 1. The smallest absolute Gasteiger partial charge is 0.416 e. The van der Waals surface area contributed by atoms with E-state index in [0.29, 0.717) is 5.56 Å². The van der Waals surface area contributed by atoms with Crippen molar-refractivity contribution in [3.8, 4) is 0 Å². The molecule has 3 aromatic rings. The average molecular weight is 489 g/mol. The SMILES string of the molecule is CCn1c(=O)c(C(=O)COC(=O)Cc2cccc(C(F)(F)F)c2)c(N)n(Cc2ccccc2)c1=O. The second-order valence-electron chi connectivity index (χ2n) is 7.62. The maximum atomic E-state index is 12.9. The van der Waals surface area contributed by atoms with Crippen molar-refractivity contribution < 1.29 is 27.5 Å². The van der Waals surface area contributed by atoms with Crippen molar-refractivity contribution in [3.05, 3.63) is 97.7 Å². The Morgan fingerprint density at radius 3 is 2.26 bits per heavy atom. The van der Waals surface area contributed by atoms with Gasteiger partial charge in [0, 0.05) is 6.54 Å². The summed E-state index contributed by atoms with van der Waals surface area (Å²) in [5, 5.41) is 0. The molecule has 11 heteroatoms. The standard InChI is InChI=1S/C24H22F3N3O5/c1-2-29-22(33)20(21(28)30(23(29)34)13-15-7-4-3-5-8-15)18(31)14-35-19(32)12-16-9-6-10-17(11-16)24(25,26)27/h3-11H,2,12-14,28H2,1H3. The Bertz CT molecular complexity index is 1360. The fraction of sp³-hybridized carbons (Fsp3) is 0.250. The van der Waals surface area contributed by atoms with Gasteiger partial charge in [-0.3, -0.25) is 23.5 Å². The van der Waals surface area contributed by atoms with Crippen molar-refractivity contribution in [3.63, 3.8) is 0 Å². The molecular weight excluding hydrogens is 467 g/mol. The number of esters is 1. The van der Waals surface area contributed by atoms with Gasteiger partial charge in [-0.1, -0.05) is 48.5 Å². The van der Waals surface area contributed by atoms with Crippen molar-refractivity contribution in [2.24, 2.45) is 0 Å². The molecule has 0 aliphatic heterocycles. The molecule has 2 N–H and O–H groups in total. The van der Waals surface area contributed by atoms with Crippen LogP contribution < -0.4 is 17.0 Å². The van der Waals surface area contributed by atoms with E-state index >= 15 is 0 Å². The molecule has 3 rings (SSSR count). The monoisotopic (exact) mass is 489 g/mol. The minimum atomic E-state index is -4.57. The van der Waals surface area contributed by atoms with Crippen LogP contribution in [-0.4, -0.2) is 27.5 Å². The first-order chi connectivity index (χ1) is 16.5. The molecule has 8 nitrogen and oxygen atoms in total. The maximum Gasteiger partial charge on any atom is 0.416 e. The van der Waals surface area contributed by atoms with Gasteiger partial charge in [0.15, 0.2) is 6.61 Å². The summed E-state index contributed by atoms with van der Waals surface area (Å²) in [4.78, 5) is 50.4. The number of hydrogen-bond donors (Lipinski definition) is 1. The fourth-order valence-corrected chi connectivity index (χ4v) is 3.47. The Kier molecular flexibility index (Phi) is 7.58. The second-order valence-corrected chi connectivity index (χ2v) is 7.62. The van der Waals surface area contributed by atoms with Crippen LogP contribution in [0.1, 0.15) is 34.0 Å². The molecule has 184 valence electrons. The molecule has 1 aromatic heterocycles. The lowest BCUT2D eigenvalue weighted by molar-refractivity contribution is -0.142. The summed E-state index contributed by atoms with van der Waals surface area (Å²) < 4.78 is 45.4. The Hall–Kier alpha value is -4.15. The van der Waals surface area contributed by atoms with Gasteiger partial charge in [0.05, 0.1) is 18.5 Å². The van der Waals surface area contributed by atoms with E-state index in [1.165, 1.54) is 6.07 Å². The minimum absolute atomic E-state index is 0.00139. The number of ketones is 1. The zero-order valence-corrected chi connectivity index (χ0v) is 18.7. The van der Waals surface area contributed by atoms with Crippen LogP contribution in [-0.2, 0) is 35.2 Å². The zero-order chi connectivity index (χ0) is 25.8. The summed E-state index contributed by atoms with van der Waals surface area (Å²) in [6, 6.07) is 12.9. The van der Waals surface area contributed by atoms with Gasteiger partial charge in [-0.05, 0) is 24.1 Å². The van der Waals surface area contributed by atoms with Gasteiger partial charge in [0.1, 0.15) is 11.4 Å². The number of nitrogen functional groups attached to an aromatic ring is 1. The highest BCUT2D eigenvalue weighted by molar-refractivity contribution is 6.01. The van der Waals surface area contributed by atoms with Gasteiger partial charge >= 0.3 is 17.8 Å². The third-order valence-corrected chi connectivity index (χ3v) is 5.21. The summed E-state index contributed by atoms with van der Waals surface area (Å²) in [5.74, 6) is -2.27. The van der Waals surface area contributed by atoms with Crippen LogP contribution in [0.5, 0.6) is 0 Å². The Morgan fingerprint density at radius 1 is 0.971 bits per heavy atom. The van der Waals surface area contributed by atoms with Crippen LogP contribution in [0.2, 0.25) is 0 Å². The van der Waals surface area contributed by atoms with Crippen LogP contribution in [0.25, 0.3) is 0 Å². The van der Waals surface area contributed by atoms with Crippen molar-refractivity contribution in [1.82, 2.24) is 9.13 Å². The van der Waals surface area contributed by atoms with Gasteiger partial charge in [0.2, 0.25) is 5.78 Å². The highest BCUT2D eigenvalue weighted by atomic mass is 19.4. The number of benzene rings is 2. The van der Waals surface area contributed by atoms with E-state index in [2.05, 4.69) is 0 Å². The number of nitrogens with zero attached hydrogens (tertiary/aromatic N) is 2. The topological polar surface area (TPSA) is 113 Å². The van der Waals surface area contributed by atoms with Gasteiger partial charge < -0.3 is 10.5 Å². The largest absolute Gasteiger partial charge is 0.457 e. The molecule has 0 aliphatic rings. The Morgan fingerprint density at radius 2 is 1.63 bits per heavy atom. The number of nitrogens with two attached hydrogens (primary N) is 1. The molecule has 0 atom stereocenters. The summed E-state index contributed by atoms with van der Waals surface area (Å²) in [6.07, 6.45) is -5.09. The van der Waals surface area contributed by atoms with Crippen LogP contribution in [0.4, 0.5) is 19.0 Å². The maximum absolute atomic E-state index is 12.9. The molecule has 35 heavy (non-hydrogen) atoms. The van der Waals surface area contributed by atoms with Crippen LogP contribution in [0.15, 0.2) is 64.2 Å². The van der Waals surface area contributed by atoms with E-state index in [4.69, 9.17) is 10.5 Å². The molecule has 0 fully saturated rings. The lowest BCUT2D eigenvalue weighted by Crippen LogP contribution is -2.44. The van der Waals surface area contributed by atoms with E-state index in [1.807, 2.05) is 0 Å². The van der Waals surface area contributed by atoms with Crippen molar-refractivity contribution >= 4 is 17.6 Å². The van der Waals surface area contributed by atoms with Crippen molar-refractivity contribution in [2.45, 2.75) is 32.6 Å². The molecule has 2 aromatic carbocycles. The number of hydrogen-bond acceptors (Lipinski definition) is 6.